The third-order valence-corrected chi connectivity index (χ3v) is 4.11. The van der Waals surface area contributed by atoms with E-state index in [9.17, 15) is 9.59 Å². The van der Waals surface area contributed by atoms with Crippen LogP contribution >= 0.6 is 0 Å². The molecule has 0 bridgehead atoms. The number of benzene rings is 1. The van der Waals surface area contributed by atoms with Crippen molar-refractivity contribution in [3.05, 3.63) is 53.3 Å². The first-order valence-corrected chi connectivity index (χ1v) is 7.86. The van der Waals surface area contributed by atoms with Gasteiger partial charge in [-0.05, 0) is 37.6 Å². The van der Waals surface area contributed by atoms with Crippen molar-refractivity contribution in [1.29, 1.82) is 0 Å². The van der Waals surface area contributed by atoms with E-state index < -0.39 is 5.97 Å². The first kappa shape index (κ1) is 16.2. The fourth-order valence-corrected chi connectivity index (χ4v) is 2.78. The molecule has 7 heteroatoms. The Balaban J connectivity index is 1.69. The maximum absolute atomic E-state index is 12.4. The average molecular weight is 329 g/mol. The van der Waals surface area contributed by atoms with Gasteiger partial charge in [-0.1, -0.05) is 0 Å². The fraction of sp³-hybridized carbons (Fsp3) is 0.353. The summed E-state index contributed by atoms with van der Waals surface area (Å²) in [6, 6.07) is 5.74. The summed E-state index contributed by atoms with van der Waals surface area (Å²) in [5.41, 5.74) is 1.52. The van der Waals surface area contributed by atoms with Gasteiger partial charge in [-0.2, -0.15) is 5.10 Å². The Hall–Kier alpha value is -2.67. The second-order valence-electron chi connectivity index (χ2n) is 5.67. The number of amides is 1. The maximum atomic E-state index is 12.4. The van der Waals surface area contributed by atoms with Crippen LogP contribution in [0.15, 0.2) is 36.7 Å². The van der Waals surface area contributed by atoms with Gasteiger partial charge in [0.05, 0.1) is 17.8 Å². The number of ether oxygens (including phenoxy) is 1. The molecule has 2 aromatic rings. The molecule has 1 aliphatic rings. The van der Waals surface area contributed by atoms with Crippen molar-refractivity contribution in [3.8, 4) is 0 Å². The van der Waals surface area contributed by atoms with E-state index in [1.54, 1.807) is 6.20 Å². The fourth-order valence-electron chi connectivity index (χ4n) is 2.78. The predicted molar refractivity (Wildman–Crippen MR) is 85.9 cm³/mol. The molecule has 126 valence electrons. The van der Waals surface area contributed by atoms with Crippen LogP contribution in [0.3, 0.4) is 0 Å². The molecule has 1 aromatic carbocycles. The highest BCUT2D eigenvalue weighted by molar-refractivity contribution is 5.96. The van der Waals surface area contributed by atoms with Crippen LogP contribution in [0.25, 0.3) is 0 Å². The predicted octanol–water partition coefficient (Wildman–Crippen LogP) is 1.86. The maximum Gasteiger partial charge on any atom is 0.335 e. The number of nitrogens with zero attached hydrogens (tertiary/aromatic N) is 2. The lowest BCUT2D eigenvalue weighted by Crippen LogP contribution is -2.36. The van der Waals surface area contributed by atoms with Crippen molar-refractivity contribution in [3.63, 3.8) is 0 Å². The van der Waals surface area contributed by atoms with Gasteiger partial charge in [-0.25, -0.2) is 4.79 Å². The number of carboxylic acid groups (broad SMARTS) is 1. The topological polar surface area (TPSA) is 93.5 Å². The van der Waals surface area contributed by atoms with E-state index in [1.165, 1.54) is 24.3 Å². The van der Waals surface area contributed by atoms with Gasteiger partial charge in [0.1, 0.15) is 6.10 Å². The summed E-state index contributed by atoms with van der Waals surface area (Å²) in [6.07, 6.45) is 4.20. The highest BCUT2D eigenvalue weighted by Gasteiger charge is 2.32. The number of carbonyl (C=O) groups is 2. The number of aromatic nitrogens is 2. The van der Waals surface area contributed by atoms with Gasteiger partial charge < -0.3 is 15.2 Å². The van der Waals surface area contributed by atoms with Gasteiger partial charge in [0.2, 0.25) is 0 Å². The Morgan fingerprint density at radius 3 is 2.67 bits per heavy atom. The Labute approximate surface area is 139 Å². The number of carboxylic acids is 1. The highest BCUT2D eigenvalue weighted by Crippen LogP contribution is 2.29. The lowest BCUT2D eigenvalue weighted by molar-refractivity contribution is 0.0696. The van der Waals surface area contributed by atoms with E-state index in [-0.39, 0.29) is 23.6 Å². The lowest BCUT2D eigenvalue weighted by atomic mass is 10.0. The monoisotopic (exact) mass is 329 g/mol. The minimum atomic E-state index is -1.01. The molecule has 2 N–H and O–H groups in total. The third kappa shape index (κ3) is 3.30. The Morgan fingerprint density at radius 1 is 1.33 bits per heavy atom. The molecule has 1 aromatic heterocycles. The molecule has 0 radical (unpaired) electrons. The van der Waals surface area contributed by atoms with Crippen molar-refractivity contribution in [2.45, 2.75) is 32.0 Å². The molecule has 0 saturated carbocycles. The molecule has 0 aliphatic carbocycles. The molecule has 2 heterocycles. The van der Waals surface area contributed by atoms with Crippen LogP contribution in [0.1, 0.15) is 45.7 Å². The largest absolute Gasteiger partial charge is 0.478 e. The van der Waals surface area contributed by atoms with Gasteiger partial charge >= 0.3 is 5.97 Å². The van der Waals surface area contributed by atoms with Crippen molar-refractivity contribution in [2.75, 3.05) is 6.61 Å². The molecule has 1 saturated heterocycles. The van der Waals surface area contributed by atoms with Crippen molar-refractivity contribution >= 4 is 11.9 Å². The molecule has 2 atom stereocenters. The zero-order valence-corrected chi connectivity index (χ0v) is 13.3. The Kier molecular flexibility index (Phi) is 4.61. The summed E-state index contributed by atoms with van der Waals surface area (Å²) < 4.78 is 7.57. The highest BCUT2D eigenvalue weighted by atomic mass is 16.5. The van der Waals surface area contributed by atoms with Crippen LogP contribution in [-0.2, 0) is 11.3 Å². The van der Waals surface area contributed by atoms with Crippen molar-refractivity contribution < 1.29 is 19.4 Å². The molecule has 0 spiro atoms. The van der Waals surface area contributed by atoms with E-state index in [0.29, 0.717) is 12.2 Å². The minimum Gasteiger partial charge on any atom is -0.478 e. The Morgan fingerprint density at radius 2 is 2.04 bits per heavy atom. The SMILES string of the molecule is CCn1cc([C@H]2OCC[C@@H]2NC(=O)c2ccc(C(=O)O)cc2)cn1. The van der Waals surface area contributed by atoms with Crippen LogP contribution in [0.4, 0.5) is 0 Å². The standard InChI is InChI=1S/C17H19N3O4/c1-2-20-10-13(9-18-20)15-14(7-8-24-15)19-16(21)11-3-5-12(6-4-11)17(22)23/h3-6,9-10,14-15H,2,7-8H2,1H3,(H,19,21)(H,22,23)/t14-,15+/m0/s1. The quantitative estimate of drug-likeness (QED) is 0.873. The lowest BCUT2D eigenvalue weighted by Gasteiger charge is -2.19. The van der Waals surface area contributed by atoms with Crippen LogP contribution in [0, 0.1) is 0 Å². The zero-order valence-electron chi connectivity index (χ0n) is 13.3. The van der Waals surface area contributed by atoms with Crippen molar-refractivity contribution in [2.24, 2.45) is 0 Å². The molecule has 7 nitrogen and oxygen atoms in total. The van der Waals surface area contributed by atoms with Gasteiger partial charge in [-0.15, -0.1) is 0 Å². The normalized spacial score (nSPS) is 20.0. The summed E-state index contributed by atoms with van der Waals surface area (Å²) >= 11 is 0. The molecule has 1 fully saturated rings. The average Bonchev–Trinajstić information content (AvgIpc) is 3.23. The molecule has 24 heavy (non-hydrogen) atoms. The smallest absolute Gasteiger partial charge is 0.335 e. The molecular weight excluding hydrogens is 310 g/mol. The number of carbonyl (C=O) groups excluding carboxylic acids is 1. The van der Waals surface area contributed by atoms with Gasteiger partial charge in [0.15, 0.2) is 0 Å². The summed E-state index contributed by atoms with van der Waals surface area (Å²) in [4.78, 5) is 23.2. The summed E-state index contributed by atoms with van der Waals surface area (Å²) in [5.74, 6) is -1.26. The zero-order chi connectivity index (χ0) is 17.1. The van der Waals surface area contributed by atoms with E-state index in [1.807, 2.05) is 17.8 Å². The first-order chi connectivity index (χ1) is 11.6. The van der Waals surface area contributed by atoms with E-state index >= 15 is 0 Å². The molecule has 3 rings (SSSR count). The first-order valence-electron chi connectivity index (χ1n) is 7.86. The third-order valence-electron chi connectivity index (χ3n) is 4.11. The number of aromatic carboxylic acids is 1. The summed E-state index contributed by atoms with van der Waals surface area (Å²) in [7, 11) is 0. The van der Waals surface area contributed by atoms with Gasteiger partial charge in [0, 0.05) is 30.5 Å². The molecule has 1 amide bonds. The number of rotatable bonds is 5. The number of aryl methyl sites for hydroxylation is 1. The van der Waals surface area contributed by atoms with Crippen molar-refractivity contribution in [1.82, 2.24) is 15.1 Å². The summed E-state index contributed by atoms with van der Waals surface area (Å²) in [6.45, 7) is 3.36. The number of hydrogen-bond donors (Lipinski definition) is 2. The molecule has 0 unspecified atom stereocenters. The Bertz CT molecular complexity index is 739. The van der Waals surface area contributed by atoms with Crippen LogP contribution in [-0.4, -0.2) is 39.4 Å². The minimum absolute atomic E-state index is 0.133. The van der Waals surface area contributed by atoms with E-state index in [4.69, 9.17) is 9.84 Å². The number of nitrogens with one attached hydrogen (secondary N) is 1. The second-order valence-corrected chi connectivity index (χ2v) is 5.67. The van der Waals surface area contributed by atoms with E-state index in [0.717, 1.165) is 18.5 Å². The molecular formula is C17H19N3O4. The van der Waals surface area contributed by atoms with E-state index in [2.05, 4.69) is 10.4 Å². The molecule has 1 aliphatic heterocycles. The van der Waals surface area contributed by atoms with Gasteiger partial charge in [0.25, 0.3) is 5.91 Å². The summed E-state index contributed by atoms with van der Waals surface area (Å²) in [5, 5.41) is 16.1. The van der Waals surface area contributed by atoms with Crippen LogP contribution < -0.4 is 5.32 Å². The van der Waals surface area contributed by atoms with Gasteiger partial charge in [-0.3, -0.25) is 9.48 Å². The second kappa shape index (κ2) is 6.84. The van der Waals surface area contributed by atoms with Crippen LogP contribution in [0.2, 0.25) is 0 Å². The number of hydrogen-bond acceptors (Lipinski definition) is 4. The van der Waals surface area contributed by atoms with Crippen LogP contribution in [0.5, 0.6) is 0 Å².